The highest BCUT2D eigenvalue weighted by molar-refractivity contribution is 5.76. The van der Waals surface area contributed by atoms with Crippen LogP contribution in [0, 0.1) is 11.8 Å². The van der Waals surface area contributed by atoms with Gasteiger partial charge in [-0.1, -0.05) is 13.8 Å². The minimum atomic E-state index is 0.231. The molecule has 2 aliphatic rings. The molecule has 2 N–H and O–H groups in total. The molecule has 2 amide bonds. The van der Waals surface area contributed by atoms with Crippen LogP contribution in [0.5, 0.6) is 0 Å². The summed E-state index contributed by atoms with van der Waals surface area (Å²) in [6, 6.07) is 0.833. The fourth-order valence-electron chi connectivity index (χ4n) is 4.61. The topological polar surface area (TPSA) is 58.2 Å². The first-order chi connectivity index (χ1) is 12.1. The van der Waals surface area contributed by atoms with E-state index < -0.39 is 0 Å². The van der Waals surface area contributed by atoms with Crippen LogP contribution in [0.3, 0.4) is 0 Å². The zero-order valence-corrected chi connectivity index (χ0v) is 16.3. The number of hydrogen-bond acceptors (Lipinski definition) is 2. The smallest absolute Gasteiger partial charge is 0.220 e. The van der Waals surface area contributed by atoms with Crippen molar-refractivity contribution in [3.8, 4) is 0 Å². The fraction of sp³-hybridized carbons (Fsp3) is 0.905. The highest BCUT2D eigenvalue weighted by Gasteiger charge is 2.27. The van der Waals surface area contributed by atoms with Crippen LogP contribution in [0.15, 0.2) is 0 Å². The van der Waals surface area contributed by atoms with E-state index in [2.05, 4.69) is 24.5 Å². The van der Waals surface area contributed by atoms with Gasteiger partial charge in [0, 0.05) is 24.9 Å². The van der Waals surface area contributed by atoms with Crippen LogP contribution in [0.2, 0.25) is 0 Å². The summed E-state index contributed by atoms with van der Waals surface area (Å²) in [5, 5.41) is 6.40. The monoisotopic (exact) mass is 350 g/mol. The molecule has 0 spiro atoms. The zero-order chi connectivity index (χ0) is 18.1. The first-order valence-electron chi connectivity index (χ1n) is 10.7. The zero-order valence-electron chi connectivity index (χ0n) is 16.3. The second-order valence-electron chi connectivity index (χ2n) is 8.31. The second kappa shape index (κ2) is 10.8. The molecule has 0 heterocycles. The van der Waals surface area contributed by atoms with E-state index in [9.17, 15) is 9.59 Å². The minimum Gasteiger partial charge on any atom is -0.353 e. The molecule has 144 valence electrons. The Labute approximate surface area is 153 Å². The Morgan fingerprint density at radius 1 is 0.680 bits per heavy atom. The number of nitrogens with one attached hydrogen (secondary N) is 2. The Hall–Kier alpha value is -1.06. The fourth-order valence-corrected chi connectivity index (χ4v) is 4.61. The average Bonchev–Trinajstić information content (AvgIpc) is 2.59. The summed E-state index contributed by atoms with van der Waals surface area (Å²) in [6.07, 6.45) is 14.2. The molecule has 2 fully saturated rings. The van der Waals surface area contributed by atoms with Crippen molar-refractivity contribution in [1.82, 2.24) is 10.6 Å². The lowest BCUT2D eigenvalue weighted by molar-refractivity contribution is -0.122. The lowest BCUT2D eigenvalue weighted by Crippen LogP contribution is -2.39. The van der Waals surface area contributed by atoms with E-state index in [-0.39, 0.29) is 11.8 Å². The van der Waals surface area contributed by atoms with E-state index in [0.29, 0.717) is 24.9 Å². The summed E-state index contributed by atoms with van der Waals surface area (Å²) < 4.78 is 0. The van der Waals surface area contributed by atoms with Crippen molar-refractivity contribution >= 4 is 11.8 Å². The van der Waals surface area contributed by atoms with Crippen LogP contribution < -0.4 is 10.6 Å². The van der Waals surface area contributed by atoms with Gasteiger partial charge in [-0.05, 0) is 82.5 Å². The third-order valence-corrected chi connectivity index (χ3v) is 6.04. The van der Waals surface area contributed by atoms with E-state index >= 15 is 0 Å². The van der Waals surface area contributed by atoms with Gasteiger partial charge in [-0.25, -0.2) is 0 Å². The highest BCUT2D eigenvalue weighted by atomic mass is 16.2. The first kappa shape index (κ1) is 20.3. The van der Waals surface area contributed by atoms with Crippen molar-refractivity contribution in [3.63, 3.8) is 0 Å². The molecule has 0 aromatic heterocycles. The summed E-state index contributed by atoms with van der Waals surface area (Å²) in [5.74, 6) is 2.15. The first-order valence-corrected chi connectivity index (χ1v) is 10.7. The molecule has 0 atom stereocenters. The Morgan fingerprint density at radius 2 is 1.04 bits per heavy atom. The summed E-state index contributed by atoms with van der Waals surface area (Å²) >= 11 is 0. The quantitative estimate of drug-likeness (QED) is 0.684. The lowest BCUT2D eigenvalue weighted by Gasteiger charge is -2.34. The van der Waals surface area contributed by atoms with Gasteiger partial charge in [0.25, 0.3) is 0 Å². The van der Waals surface area contributed by atoms with E-state index in [1.165, 1.54) is 32.1 Å². The van der Waals surface area contributed by atoms with Crippen molar-refractivity contribution in [1.29, 1.82) is 0 Å². The maximum absolute atomic E-state index is 11.7. The van der Waals surface area contributed by atoms with Gasteiger partial charge in [-0.15, -0.1) is 0 Å². The van der Waals surface area contributed by atoms with E-state index in [1.807, 2.05) is 0 Å². The molecule has 0 unspecified atom stereocenters. The van der Waals surface area contributed by atoms with Gasteiger partial charge in [0.15, 0.2) is 0 Å². The summed E-state index contributed by atoms with van der Waals surface area (Å²) in [7, 11) is 0. The Morgan fingerprint density at radius 3 is 1.36 bits per heavy atom. The van der Waals surface area contributed by atoms with Crippen molar-refractivity contribution in [2.45, 2.75) is 109 Å². The summed E-state index contributed by atoms with van der Waals surface area (Å²) in [4.78, 5) is 23.4. The molecule has 2 aliphatic carbocycles. The van der Waals surface area contributed by atoms with Crippen LogP contribution in [-0.2, 0) is 9.59 Å². The van der Waals surface area contributed by atoms with E-state index in [4.69, 9.17) is 0 Å². The minimum absolute atomic E-state index is 0.231. The predicted octanol–water partition coefficient (Wildman–Crippen LogP) is 4.33. The van der Waals surface area contributed by atoms with Crippen molar-refractivity contribution < 1.29 is 9.59 Å². The van der Waals surface area contributed by atoms with Crippen LogP contribution in [0.4, 0.5) is 0 Å². The van der Waals surface area contributed by atoms with Gasteiger partial charge < -0.3 is 10.6 Å². The Bertz CT molecular complexity index is 370. The van der Waals surface area contributed by atoms with Crippen molar-refractivity contribution in [2.75, 3.05) is 0 Å². The molecular weight excluding hydrogens is 312 g/mol. The molecule has 0 radical (unpaired) electrons. The van der Waals surface area contributed by atoms with Crippen LogP contribution in [0.25, 0.3) is 0 Å². The number of hydrogen-bond donors (Lipinski definition) is 2. The SMILES string of the molecule is CCCC(=O)NC1CCC(CC2CCC(NC(=O)CCC)CC2)CC1. The van der Waals surface area contributed by atoms with Crippen molar-refractivity contribution in [2.24, 2.45) is 11.8 Å². The number of carbonyl (C=O) groups excluding carboxylic acids is 2. The molecule has 0 aliphatic heterocycles. The van der Waals surface area contributed by atoms with Crippen LogP contribution >= 0.6 is 0 Å². The maximum Gasteiger partial charge on any atom is 0.220 e. The largest absolute Gasteiger partial charge is 0.353 e. The molecule has 0 bridgehead atoms. The van der Waals surface area contributed by atoms with Gasteiger partial charge in [-0.2, -0.15) is 0 Å². The number of amides is 2. The second-order valence-corrected chi connectivity index (χ2v) is 8.31. The number of rotatable bonds is 8. The van der Waals surface area contributed by atoms with Gasteiger partial charge in [-0.3, -0.25) is 9.59 Å². The van der Waals surface area contributed by atoms with Crippen LogP contribution in [0.1, 0.15) is 97.3 Å². The third kappa shape index (κ3) is 7.37. The lowest BCUT2D eigenvalue weighted by atomic mass is 9.75. The molecule has 0 aromatic carbocycles. The molecular formula is C21H38N2O2. The molecule has 4 heteroatoms. The predicted molar refractivity (Wildman–Crippen MR) is 102 cm³/mol. The number of carbonyl (C=O) groups is 2. The molecule has 2 rings (SSSR count). The van der Waals surface area contributed by atoms with Gasteiger partial charge in [0.1, 0.15) is 0 Å². The van der Waals surface area contributed by atoms with E-state index in [0.717, 1.165) is 50.4 Å². The average molecular weight is 351 g/mol. The molecule has 0 aromatic rings. The molecule has 0 saturated heterocycles. The van der Waals surface area contributed by atoms with E-state index in [1.54, 1.807) is 0 Å². The molecule has 4 nitrogen and oxygen atoms in total. The van der Waals surface area contributed by atoms with Crippen molar-refractivity contribution in [3.05, 3.63) is 0 Å². The third-order valence-electron chi connectivity index (χ3n) is 6.04. The van der Waals surface area contributed by atoms with Gasteiger partial charge in [0.05, 0.1) is 0 Å². The van der Waals surface area contributed by atoms with Gasteiger partial charge in [0.2, 0.25) is 11.8 Å². The maximum atomic E-state index is 11.7. The summed E-state index contributed by atoms with van der Waals surface area (Å²) in [6.45, 7) is 4.11. The molecule has 2 saturated carbocycles. The standard InChI is InChI=1S/C21H38N2O2/c1-3-5-20(24)22-18-11-7-16(8-12-18)15-17-9-13-19(14-10-17)23-21(25)6-4-2/h16-19H,3-15H2,1-2H3,(H,22,24)(H,23,25). The Kier molecular flexibility index (Phi) is 8.77. The van der Waals surface area contributed by atoms with Gasteiger partial charge >= 0.3 is 0 Å². The van der Waals surface area contributed by atoms with Crippen LogP contribution in [-0.4, -0.2) is 23.9 Å². The Balaban J connectivity index is 1.60. The normalized spacial score (nSPS) is 29.8. The highest BCUT2D eigenvalue weighted by Crippen LogP contribution is 2.35. The summed E-state index contributed by atoms with van der Waals surface area (Å²) in [5.41, 5.74) is 0. The molecule has 25 heavy (non-hydrogen) atoms.